The standard InChI is InChI=1S/C50H63N7O8/c1-9-43(59)55-26-35(27-55)47(61)54(7)44(30(3)4)46(60)52-25-34-20-31-19-33(22-36(58)21-31)32-15-16-42-38(23-32)39(45(56(42)10-2)37-13-11-17-51-41(37)28-64-8)24-50(5,6)29-65-49(63)40-14-12-18-57(53-40)48(34)62/h9,11,13,15-17,19,21-23,30,34-35,40,44,53,58H,1,10,12,14,18,20,24-29H2,2-8H3,(H,52,60)/t34-,40+,44+/m1/s1. The number of amides is 4. The molecule has 2 aromatic heterocycles. The molecular formula is C50H63N7O8. The zero-order valence-electron chi connectivity index (χ0n) is 38.7. The number of aromatic hydroxyl groups is 1. The van der Waals surface area contributed by atoms with E-state index in [0.29, 0.717) is 44.5 Å². The Kier molecular flexibility index (Phi) is 14.1. The van der Waals surface area contributed by atoms with Gasteiger partial charge in [-0.1, -0.05) is 46.4 Å². The summed E-state index contributed by atoms with van der Waals surface area (Å²) in [6.45, 7) is 15.4. The molecule has 15 nitrogen and oxygen atoms in total. The van der Waals surface area contributed by atoms with Crippen molar-refractivity contribution < 1.29 is 38.6 Å². The number of cyclic esters (lactones) is 1. The molecule has 2 saturated heterocycles. The van der Waals surface area contributed by atoms with Crippen molar-refractivity contribution in [3.63, 3.8) is 0 Å². The number of nitrogens with zero attached hydrogens (tertiary/aromatic N) is 5. The number of aryl methyl sites for hydroxylation is 1. The first-order valence-corrected chi connectivity index (χ1v) is 22.7. The monoisotopic (exact) mass is 889 g/mol. The van der Waals surface area contributed by atoms with Crippen LogP contribution in [0, 0.1) is 23.2 Å². The number of ether oxygens (including phenoxy) is 2. The highest BCUT2D eigenvalue weighted by molar-refractivity contribution is 5.96. The van der Waals surface area contributed by atoms with Crippen LogP contribution in [0.5, 0.6) is 5.75 Å². The molecule has 0 aliphatic carbocycles. The number of rotatable bonds is 11. The molecule has 2 fully saturated rings. The summed E-state index contributed by atoms with van der Waals surface area (Å²) in [5.41, 5.74) is 9.79. The predicted octanol–water partition coefficient (Wildman–Crippen LogP) is 5.27. The third kappa shape index (κ3) is 9.96. The summed E-state index contributed by atoms with van der Waals surface area (Å²) in [4.78, 5) is 75.8. The number of methoxy groups -OCH3 is 1. The summed E-state index contributed by atoms with van der Waals surface area (Å²) in [5.74, 6) is -3.21. The third-order valence-corrected chi connectivity index (χ3v) is 13.0. The van der Waals surface area contributed by atoms with Crippen molar-refractivity contribution in [3.8, 4) is 28.1 Å². The smallest absolute Gasteiger partial charge is 0.324 e. The van der Waals surface area contributed by atoms with Crippen LogP contribution in [-0.4, -0.2) is 118 Å². The maximum atomic E-state index is 14.6. The van der Waals surface area contributed by atoms with Gasteiger partial charge in [0.05, 0.1) is 36.4 Å². The molecule has 0 saturated carbocycles. The van der Waals surface area contributed by atoms with E-state index >= 15 is 0 Å². The van der Waals surface area contributed by atoms with Crippen LogP contribution in [0.4, 0.5) is 0 Å². The highest BCUT2D eigenvalue weighted by atomic mass is 16.5. The van der Waals surface area contributed by atoms with Gasteiger partial charge in [-0.05, 0) is 103 Å². The molecule has 15 heteroatoms. The fraction of sp³-hybridized carbons (Fsp3) is 0.480. The number of phenolic OH excluding ortho intramolecular Hbond substituents is 1. The van der Waals surface area contributed by atoms with E-state index in [1.54, 1.807) is 32.5 Å². The number of likely N-dealkylation sites (tertiary alicyclic amines) is 1. The van der Waals surface area contributed by atoms with Crippen molar-refractivity contribution in [2.75, 3.05) is 46.9 Å². The van der Waals surface area contributed by atoms with Crippen LogP contribution in [-0.2, 0) is 59.4 Å². The van der Waals surface area contributed by atoms with Gasteiger partial charge >= 0.3 is 5.97 Å². The molecule has 2 aromatic carbocycles. The number of nitrogens with one attached hydrogen (secondary N) is 2. The Morgan fingerprint density at radius 1 is 1.12 bits per heavy atom. The number of hydrogen-bond donors (Lipinski definition) is 3. The highest BCUT2D eigenvalue weighted by Crippen LogP contribution is 2.41. The van der Waals surface area contributed by atoms with Crippen molar-refractivity contribution in [2.45, 2.75) is 85.5 Å². The van der Waals surface area contributed by atoms with E-state index in [1.807, 2.05) is 32.0 Å². The van der Waals surface area contributed by atoms with Gasteiger partial charge in [0.25, 0.3) is 0 Å². The maximum Gasteiger partial charge on any atom is 0.324 e. The first-order valence-electron chi connectivity index (χ1n) is 22.7. The lowest BCUT2D eigenvalue weighted by atomic mass is 9.84. The molecule has 3 aliphatic heterocycles. The van der Waals surface area contributed by atoms with E-state index in [1.165, 1.54) is 20.9 Å². The molecule has 7 rings (SSSR count). The second-order valence-electron chi connectivity index (χ2n) is 18.8. The molecule has 0 unspecified atom stereocenters. The summed E-state index contributed by atoms with van der Waals surface area (Å²) < 4.78 is 14.0. The minimum atomic E-state index is -0.850. The normalized spacial score (nSPS) is 19.6. The first kappa shape index (κ1) is 46.9. The molecule has 0 radical (unpaired) electrons. The molecule has 346 valence electrons. The highest BCUT2D eigenvalue weighted by Gasteiger charge is 2.41. The van der Waals surface area contributed by atoms with Crippen molar-refractivity contribution in [1.29, 1.82) is 0 Å². The van der Waals surface area contributed by atoms with Crippen molar-refractivity contribution in [3.05, 3.63) is 84.2 Å². The van der Waals surface area contributed by atoms with Gasteiger partial charge in [-0.25, -0.2) is 5.43 Å². The number of hydrazine groups is 1. The first-order chi connectivity index (χ1) is 31.0. The Bertz CT molecular complexity index is 2470. The number of likely N-dealkylation sites (N-methyl/N-ethyl adjacent to an activating group) is 1. The lowest BCUT2D eigenvalue weighted by molar-refractivity contribution is -0.156. The summed E-state index contributed by atoms with van der Waals surface area (Å²) >= 11 is 0. The van der Waals surface area contributed by atoms with E-state index in [0.717, 1.165) is 44.5 Å². The Labute approximate surface area is 381 Å². The van der Waals surface area contributed by atoms with Crippen LogP contribution in [0.25, 0.3) is 33.3 Å². The van der Waals surface area contributed by atoms with Crippen LogP contribution in [0.3, 0.4) is 0 Å². The van der Waals surface area contributed by atoms with Crippen molar-refractivity contribution >= 4 is 40.5 Å². The van der Waals surface area contributed by atoms with E-state index in [9.17, 15) is 29.1 Å². The largest absolute Gasteiger partial charge is 0.508 e. The Morgan fingerprint density at radius 2 is 1.89 bits per heavy atom. The lowest BCUT2D eigenvalue weighted by Gasteiger charge is -2.41. The van der Waals surface area contributed by atoms with Crippen LogP contribution in [0.1, 0.15) is 64.3 Å². The quantitative estimate of drug-likeness (QED) is 0.133. The van der Waals surface area contributed by atoms with Gasteiger partial charge in [-0.2, -0.15) is 0 Å². The zero-order chi connectivity index (χ0) is 46.7. The average Bonchev–Trinajstić information content (AvgIpc) is 3.56. The van der Waals surface area contributed by atoms with E-state index < -0.39 is 41.2 Å². The number of carbonyl (C=O) groups excluding carboxylic acids is 5. The summed E-state index contributed by atoms with van der Waals surface area (Å²) in [6, 6.07) is 14.0. The third-order valence-electron chi connectivity index (χ3n) is 13.0. The van der Waals surface area contributed by atoms with E-state index in [4.69, 9.17) is 14.5 Å². The molecule has 3 atom stereocenters. The zero-order valence-corrected chi connectivity index (χ0v) is 38.7. The van der Waals surface area contributed by atoms with Crippen molar-refractivity contribution in [1.82, 2.24) is 35.1 Å². The number of hydrogen-bond acceptors (Lipinski definition) is 10. The van der Waals surface area contributed by atoms with E-state index in [2.05, 4.69) is 60.9 Å². The molecule has 3 N–H and O–H groups in total. The van der Waals surface area contributed by atoms with Gasteiger partial charge in [0.15, 0.2) is 0 Å². The molecule has 4 aromatic rings. The lowest BCUT2D eigenvalue weighted by Crippen LogP contribution is -2.60. The van der Waals surface area contributed by atoms with Crippen LogP contribution in [0.15, 0.2) is 67.4 Å². The van der Waals surface area contributed by atoms with Crippen LogP contribution >= 0.6 is 0 Å². The number of benzene rings is 2. The fourth-order valence-corrected chi connectivity index (χ4v) is 9.67. The van der Waals surface area contributed by atoms with Gasteiger partial charge in [0, 0.05) is 75.0 Å². The Balaban J connectivity index is 1.26. The minimum Gasteiger partial charge on any atom is -0.508 e. The van der Waals surface area contributed by atoms with Gasteiger partial charge in [0.1, 0.15) is 17.8 Å². The number of aromatic nitrogens is 2. The van der Waals surface area contributed by atoms with Gasteiger partial charge in [-0.3, -0.25) is 34.0 Å². The van der Waals surface area contributed by atoms with Gasteiger partial charge in [-0.15, -0.1) is 0 Å². The second-order valence-corrected chi connectivity index (χ2v) is 18.8. The summed E-state index contributed by atoms with van der Waals surface area (Å²) in [5, 5.41) is 16.7. The number of fused-ring (bicyclic) bond motifs is 6. The molecule has 4 amide bonds. The summed E-state index contributed by atoms with van der Waals surface area (Å²) in [6.07, 6.45) is 4.70. The Hall–Kier alpha value is -6.06. The molecule has 6 bridgehead atoms. The molecular weight excluding hydrogens is 827 g/mol. The maximum absolute atomic E-state index is 14.6. The van der Waals surface area contributed by atoms with Gasteiger partial charge < -0.3 is 34.3 Å². The average molecular weight is 890 g/mol. The molecule has 3 aliphatic rings. The number of esters is 1. The SMILES string of the molecule is C=CC(=O)N1CC(C(=O)N(C)[C@H](C(=O)NC[C@H]2Cc3cc(O)cc(c3)-c3ccc4c(c3)c(c(-c3cccnc3COC)n4CC)CC(C)(C)COC(=O)[C@@H]3CCCN(N3)C2=O)C(C)C)C1. The van der Waals surface area contributed by atoms with Crippen LogP contribution < -0.4 is 10.7 Å². The van der Waals surface area contributed by atoms with E-state index in [-0.39, 0.29) is 62.1 Å². The van der Waals surface area contributed by atoms with Crippen molar-refractivity contribution in [2.24, 2.45) is 23.2 Å². The number of pyridine rings is 1. The Morgan fingerprint density at radius 3 is 2.60 bits per heavy atom. The van der Waals surface area contributed by atoms with Crippen LogP contribution in [0.2, 0.25) is 0 Å². The minimum absolute atomic E-state index is 0.0262. The number of carbonyl (C=O) groups is 5. The fourth-order valence-electron chi connectivity index (χ4n) is 9.67. The topological polar surface area (TPSA) is 176 Å². The van der Waals surface area contributed by atoms with Gasteiger partial charge in [0.2, 0.25) is 23.6 Å². The summed E-state index contributed by atoms with van der Waals surface area (Å²) in [7, 11) is 3.25. The predicted molar refractivity (Wildman–Crippen MR) is 247 cm³/mol. The molecule has 0 spiro atoms. The second kappa shape index (κ2) is 19.6. The molecule has 65 heavy (non-hydrogen) atoms. The number of phenols is 1. The molecule has 5 heterocycles.